The maximum atomic E-state index is 12.9. The zero-order valence-electron chi connectivity index (χ0n) is 13.8. The molecule has 0 radical (unpaired) electrons. The SMILES string of the molecule is CC1CCCN(c2ccc(NC(=O)Cc3ccc(F)cc3)nc2)C1. The molecule has 4 nitrogen and oxygen atoms in total. The van der Waals surface area contributed by atoms with Gasteiger partial charge in [0.05, 0.1) is 18.3 Å². The lowest BCUT2D eigenvalue weighted by atomic mass is 10.00. The Balaban J connectivity index is 1.57. The van der Waals surface area contributed by atoms with Crippen molar-refractivity contribution < 1.29 is 9.18 Å². The number of hydrogen-bond acceptors (Lipinski definition) is 3. The van der Waals surface area contributed by atoms with Crippen LogP contribution in [-0.4, -0.2) is 24.0 Å². The largest absolute Gasteiger partial charge is 0.370 e. The van der Waals surface area contributed by atoms with Gasteiger partial charge >= 0.3 is 0 Å². The van der Waals surface area contributed by atoms with Crippen LogP contribution in [0.3, 0.4) is 0 Å². The van der Waals surface area contributed by atoms with Crippen molar-refractivity contribution in [2.45, 2.75) is 26.2 Å². The van der Waals surface area contributed by atoms with E-state index in [2.05, 4.69) is 22.1 Å². The summed E-state index contributed by atoms with van der Waals surface area (Å²) in [7, 11) is 0. The molecule has 1 amide bonds. The molecule has 126 valence electrons. The highest BCUT2D eigenvalue weighted by molar-refractivity contribution is 5.91. The van der Waals surface area contributed by atoms with E-state index in [-0.39, 0.29) is 18.1 Å². The van der Waals surface area contributed by atoms with Gasteiger partial charge in [-0.1, -0.05) is 19.1 Å². The van der Waals surface area contributed by atoms with E-state index < -0.39 is 0 Å². The van der Waals surface area contributed by atoms with Crippen LogP contribution in [0.2, 0.25) is 0 Å². The summed E-state index contributed by atoms with van der Waals surface area (Å²) >= 11 is 0. The Morgan fingerprint density at radius 2 is 2.08 bits per heavy atom. The standard InChI is InChI=1S/C19H22FN3O/c1-14-3-2-10-23(13-14)17-8-9-18(21-12-17)22-19(24)11-15-4-6-16(20)7-5-15/h4-9,12,14H,2-3,10-11,13H2,1H3,(H,21,22,24). The van der Waals surface area contributed by atoms with Gasteiger partial charge in [-0.3, -0.25) is 4.79 Å². The lowest BCUT2D eigenvalue weighted by molar-refractivity contribution is -0.115. The number of aromatic nitrogens is 1. The van der Waals surface area contributed by atoms with E-state index in [1.54, 1.807) is 12.1 Å². The first-order chi connectivity index (χ1) is 11.6. The Kier molecular flexibility index (Phi) is 5.08. The fourth-order valence-electron chi connectivity index (χ4n) is 3.05. The molecule has 0 spiro atoms. The van der Waals surface area contributed by atoms with Gasteiger partial charge in [0.25, 0.3) is 0 Å². The van der Waals surface area contributed by atoms with Crippen LogP contribution in [0.4, 0.5) is 15.9 Å². The normalized spacial score (nSPS) is 17.6. The van der Waals surface area contributed by atoms with E-state index in [1.165, 1.54) is 25.0 Å². The number of carbonyl (C=O) groups excluding carboxylic acids is 1. The summed E-state index contributed by atoms with van der Waals surface area (Å²) in [4.78, 5) is 18.7. The number of halogens is 1. The van der Waals surface area contributed by atoms with Crippen molar-refractivity contribution in [3.05, 3.63) is 54.0 Å². The van der Waals surface area contributed by atoms with Crippen molar-refractivity contribution in [3.63, 3.8) is 0 Å². The topological polar surface area (TPSA) is 45.2 Å². The highest BCUT2D eigenvalue weighted by Crippen LogP contribution is 2.23. The van der Waals surface area contributed by atoms with Crippen LogP contribution in [-0.2, 0) is 11.2 Å². The van der Waals surface area contributed by atoms with Gasteiger partial charge in [-0.2, -0.15) is 0 Å². The Bertz CT molecular complexity index is 685. The summed E-state index contributed by atoms with van der Waals surface area (Å²) < 4.78 is 12.9. The van der Waals surface area contributed by atoms with Gasteiger partial charge in [0, 0.05) is 13.1 Å². The van der Waals surface area contributed by atoms with Gasteiger partial charge in [-0.05, 0) is 48.6 Å². The third kappa shape index (κ3) is 4.31. The van der Waals surface area contributed by atoms with Crippen LogP contribution in [0.25, 0.3) is 0 Å². The molecule has 0 saturated carbocycles. The number of carbonyl (C=O) groups is 1. The van der Waals surface area contributed by atoms with Crippen molar-refractivity contribution in [3.8, 4) is 0 Å². The number of rotatable bonds is 4. The molecule has 2 aromatic rings. The zero-order valence-corrected chi connectivity index (χ0v) is 13.8. The summed E-state index contributed by atoms with van der Waals surface area (Å²) in [5, 5.41) is 2.78. The first-order valence-electron chi connectivity index (χ1n) is 8.35. The summed E-state index contributed by atoms with van der Waals surface area (Å²) in [5.74, 6) is 0.779. The molecule has 1 aromatic carbocycles. The van der Waals surface area contributed by atoms with Crippen molar-refractivity contribution in [1.29, 1.82) is 0 Å². The molecule has 24 heavy (non-hydrogen) atoms. The predicted molar refractivity (Wildman–Crippen MR) is 93.6 cm³/mol. The third-order valence-electron chi connectivity index (χ3n) is 4.32. The van der Waals surface area contributed by atoms with Crippen LogP contribution in [0, 0.1) is 11.7 Å². The van der Waals surface area contributed by atoms with Crippen molar-refractivity contribution >= 4 is 17.4 Å². The molecule has 0 aliphatic carbocycles. The second-order valence-corrected chi connectivity index (χ2v) is 6.45. The van der Waals surface area contributed by atoms with E-state index in [4.69, 9.17) is 0 Å². The van der Waals surface area contributed by atoms with Crippen LogP contribution >= 0.6 is 0 Å². The van der Waals surface area contributed by atoms with Crippen molar-refractivity contribution in [2.75, 3.05) is 23.3 Å². The predicted octanol–water partition coefficient (Wildman–Crippen LogP) is 3.64. The zero-order chi connectivity index (χ0) is 16.9. The molecule has 2 heterocycles. The van der Waals surface area contributed by atoms with E-state index in [9.17, 15) is 9.18 Å². The van der Waals surface area contributed by atoms with E-state index in [0.717, 1.165) is 24.3 Å². The number of amides is 1. The second kappa shape index (κ2) is 7.43. The van der Waals surface area contributed by atoms with Crippen molar-refractivity contribution in [1.82, 2.24) is 4.98 Å². The molecule has 1 unspecified atom stereocenters. The van der Waals surface area contributed by atoms with E-state index >= 15 is 0 Å². The lowest BCUT2D eigenvalue weighted by Gasteiger charge is -2.32. The van der Waals surface area contributed by atoms with Crippen LogP contribution in [0.5, 0.6) is 0 Å². The molecule has 3 rings (SSSR count). The summed E-state index contributed by atoms with van der Waals surface area (Å²) in [6.45, 7) is 4.38. The Morgan fingerprint density at radius 3 is 2.75 bits per heavy atom. The molecule has 1 fully saturated rings. The minimum Gasteiger partial charge on any atom is -0.370 e. The fourth-order valence-corrected chi connectivity index (χ4v) is 3.05. The quantitative estimate of drug-likeness (QED) is 0.932. The van der Waals surface area contributed by atoms with Gasteiger partial charge in [0.1, 0.15) is 11.6 Å². The number of pyridine rings is 1. The Morgan fingerprint density at radius 1 is 1.29 bits per heavy atom. The molecule has 5 heteroatoms. The average molecular weight is 327 g/mol. The highest BCUT2D eigenvalue weighted by Gasteiger charge is 2.16. The maximum Gasteiger partial charge on any atom is 0.229 e. The smallest absolute Gasteiger partial charge is 0.229 e. The van der Waals surface area contributed by atoms with Gasteiger partial charge in [-0.25, -0.2) is 9.37 Å². The minimum absolute atomic E-state index is 0.159. The first-order valence-corrected chi connectivity index (χ1v) is 8.35. The highest BCUT2D eigenvalue weighted by atomic mass is 19.1. The van der Waals surface area contributed by atoms with Crippen LogP contribution in [0.1, 0.15) is 25.3 Å². The van der Waals surface area contributed by atoms with Crippen LogP contribution < -0.4 is 10.2 Å². The Hall–Kier alpha value is -2.43. The number of hydrogen-bond donors (Lipinski definition) is 1. The van der Waals surface area contributed by atoms with Gasteiger partial charge in [-0.15, -0.1) is 0 Å². The van der Waals surface area contributed by atoms with Gasteiger partial charge in [0.15, 0.2) is 0 Å². The van der Waals surface area contributed by atoms with E-state index in [0.29, 0.717) is 11.7 Å². The molecular formula is C19H22FN3O. The van der Waals surface area contributed by atoms with Gasteiger partial charge < -0.3 is 10.2 Å². The number of piperidine rings is 1. The lowest BCUT2D eigenvalue weighted by Crippen LogP contribution is -2.34. The molecule has 1 saturated heterocycles. The van der Waals surface area contributed by atoms with Crippen molar-refractivity contribution in [2.24, 2.45) is 5.92 Å². The molecule has 1 aliphatic rings. The summed E-state index contributed by atoms with van der Waals surface area (Å²) in [6.07, 6.45) is 4.50. The fraction of sp³-hybridized carbons (Fsp3) is 0.368. The van der Waals surface area contributed by atoms with Crippen LogP contribution in [0.15, 0.2) is 42.6 Å². The summed E-state index contributed by atoms with van der Waals surface area (Å²) in [5.41, 5.74) is 1.87. The molecular weight excluding hydrogens is 305 g/mol. The summed E-state index contributed by atoms with van der Waals surface area (Å²) in [6, 6.07) is 9.77. The minimum atomic E-state index is -0.302. The number of nitrogens with zero attached hydrogens (tertiary/aromatic N) is 2. The van der Waals surface area contributed by atoms with E-state index in [1.807, 2.05) is 18.3 Å². The molecule has 1 atom stereocenters. The van der Waals surface area contributed by atoms with Gasteiger partial charge in [0.2, 0.25) is 5.91 Å². The molecule has 1 aliphatic heterocycles. The number of anilines is 2. The molecule has 0 bridgehead atoms. The first kappa shape index (κ1) is 16.4. The molecule has 1 aromatic heterocycles. The molecule has 1 N–H and O–H groups in total. The second-order valence-electron chi connectivity index (χ2n) is 6.45. The number of nitrogens with one attached hydrogen (secondary N) is 1. The monoisotopic (exact) mass is 327 g/mol. The third-order valence-corrected chi connectivity index (χ3v) is 4.32. The number of benzene rings is 1. The average Bonchev–Trinajstić information content (AvgIpc) is 2.58. The maximum absolute atomic E-state index is 12.9. The Labute approximate surface area is 141 Å².